The van der Waals surface area contributed by atoms with Gasteiger partial charge in [0.15, 0.2) is 6.20 Å². The van der Waals surface area contributed by atoms with Crippen molar-refractivity contribution in [1.82, 2.24) is 0 Å². The van der Waals surface area contributed by atoms with E-state index in [1.165, 1.54) is 61.6 Å². The van der Waals surface area contributed by atoms with Crippen molar-refractivity contribution in [2.75, 3.05) is 0 Å². The lowest BCUT2D eigenvalue weighted by atomic mass is 9.71. The Bertz CT molecular complexity index is 1760. The maximum atomic E-state index is 10.1. The van der Waals surface area contributed by atoms with Gasteiger partial charge in [-0.05, 0) is 78.5 Å². The Balaban J connectivity index is 1.37. The average Bonchev–Trinajstić information content (AvgIpc) is 3.35. The van der Waals surface area contributed by atoms with Crippen LogP contribution in [0.2, 0.25) is 0 Å². The first-order valence-corrected chi connectivity index (χ1v) is 14.6. The molecule has 1 unspecified atom stereocenters. The fourth-order valence-electron chi connectivity index (χ4n) is 7.43. The topological polar surface area (TPSA) is 40.8 Å². The molecular formula is C36H35N2O+. The van der Waals surface area contributed by atoms with Crippen molar-refractivity contribution in [3.05, 3.63) is 89.1 Å². The number of aryl methyl sites for hydroxylation is 3. The summed E-state index contributed by atoms with van der Waals surface area (Å²) in [6.07, 6.45) is 12.8. The molecular weight excluding hydrogens is 476 g/mol. The smallest absolute Gasteiger partial charge is 0.216 e. The fraction of sp³-hybridized carbons (Fsp3) is 0.333. The molecule has 2 aromatic heterocycles. The minimum absolute atomic E-state index is 0.668. The van der Waals surface area contributed by atoms with Gasteiger partial charge in [-0.3, -0.25) is 0 Å². The van der Waals surface area contributed by atoms with Crippen LogP contribution in [0.5, 0.6) is 0 Å². The number of furan rings is 1. The van der Waals surface area contributed by atoms with Crippen LogP contribution >= 0.6 is 0 Å². The van der Waals surface area contributed by atoms with E-state index in [0.29, 0.717) is 5.56 Å². The van der Waals surface area contributed by atoms with Crippen LogP contribution in [0, 0.1) is 30.1 Å². The Labute approximate surface area is 230 Å². The van der Waals surface area contributed by atoms with E-state index in [1.54, 1.807) is 0 Å². The second kappa shape index (κ2) is 9.69. The molecule has 194 valence electrons. The van der Waals surface area contributed by atoms with Gasteiger partial charge in [-0.25, -0.2) is 4.57 Å². The number of nitrogens with zero attached hydrogens (tertiary/aromatic N) is 2. The average molecular weight is 512 g/mol. The molecule has 0 aliphatic heterocycles. The van der Waals surface area contributed by atoms with E-state index in [4.69, 9.17) is 4.42 Å². The van der Waals surface area contributed by atoms with Crippen molar-refractivity contribution >= 4 is 21.9 Å². The summed E-state index contributed by atoms with van der Waals surface area (Å²) in [5, 5.41) is 12.3. The zero-order valence-electron chi connectivity index (χ0n) is 23.0. The van der Waals surface area contributed by atoms with Gasteiger partial charge in [-0.15, -0.1) is 0 Å². The zero-order chi connectivity index (χ0) is 26.5. The van der Waals surface area contributed by atoms with Crippen molar-refractivity contribution in [2.45, 2.75) is 58.3 Å². The van der Waals surface area contributed by atoms with Crippen molar-refractivity contribution in [3.8, 4) is 28.5 Å². The molecule has 3 nitrogen and oxygen atoms in total. The van der Waals surface area contributed by atoms with Crippen LogP contribution in [0.4, 0.5) is 0 Å². The lowest BCUT2D eigenvalue weighted by Crippen LogP contribution is -2.30. The van der Waals surface area contributed by atoms with Crippen molar-refractivity contribution in [2.24, 2.45) is 18.9 Å². The van der Waals surface area contributed by atoms with Crippen LogP contribution in [0.25, 0.3) is 44.3 Å². The number of rotatable bonds is 3. The van der Waals surface area contributed by atoms with Gasteiger partial charge in [0.25, 0.3) is 0 Å². The molecule has 39 heavy (non-hydrogen) atoms. The number of nitriles is 1. The standard InChI is InChI=1S/C36H35N2O/c1-23-11-17-30-31-18-16-29(22-37)34(36(31)39-35(30)33(23)32-10-6-7-19-38(32)2)28-15-14-26-20-25(12-13-27(26)21-28)24-8-4-3-5-9-24/h6-7,10-11,14-19,21,24-25H,3-5,8-9,12-13,20H2,1-2H3/q+1. The lowest BCUT2D eigenvalue weighted by molar-refractivity contribution is -0.660. The Kier molecular flexibility index (Phi) is 6.00. The molecule has 7 rings (SSSR count). The summed E-state index contributed by atoms with van der Waals surface area (Å²) in [7, 11) is 2.07. The molecule has 3 heteroatoms. The SMILES string of the molecule is Cc1ccc2c(oc3c(-c4ccc5c(c4)CCC(C4CCCCC4)C5)c(C#N)ccc32)c1-c1cccc[n+]1C. The van der Waals surface area contributed by atoms with Gasteiger partial charge in [-0.1, -0.05) is 62.4 Å². The van der Waals surface area contributed by atoms with Crippen molar-refractivity contribution < 1.29 is 8.98 Å². The van der Waals surface area contributed by atoms with E-state index >= 15 is 0 Å². The van der Waals surface area contributed by atoms with Crippen LogP contribution < -0.4 is 4.57 Å². The molecule has 2 aliphatic carbocycles. The van der Waals surface area contributed by atoms with Gasteiger partial charge < -0.3 is 4.42 Å². The first-order chi connectivity index (χ1) is 19.1. The normalized spacial score (nSPS) is 17.8. The van der Waals surface area contributed by atoms with Gasteiger partial charge in [0.2, 0.25) is 5.69 Å². The summed E-state index contributed by atoms with van der Waals surface area (Å²) in [5.41, 5.74) is 10.7. The molecule has 5 aromatic rings. The molecule has 0 saturated heterocycles. The Hall–Kier alpha value is -3.90. The van der Waals surface area contributed by atoms with Gasteiger partial charge >= 0.3 is 0 Å². The second-order valence-corrected chi connectivity index (χ2v) is 11.8. The monoisotopic (exact) mass is 511 g/mol. The Morgan fingerprint density at radius 2 is 1.62 bits per heavy atom. The summed E-state index contributed by atoms with van der Waals surface area (Å²) < 4.78 is 8.92. The van der Waals surface area contributed by atoms with E-state index in [-0.39, 0.29) is 0 Å². The molecule has 0 amide bonds. The first kappa shape index (κ1) is 24.2. The molecule has 0 N–H and O–H groups in total. The van der Waals surface area contributed by atoms with Crippen molar-refractivity contribution in [3.63, 3.8) is 0 Å². The largest absolute Gasteiger partial charge is 0.454 e. The van der Waals surface area contributed by atoms with Gasteiger partial charge in [0, 0.05) is 28.5 Å². The number of hydrogen-bond donors (Lipinski definition) is 0. The highest BCUT2D eigenvalue weighted by molar-refractivity contribution is 6.14. The van der Waals surface area contributed by atoms with Gasteiger partial charge in [0.1, 0.15) is 18.2 Å². The maximum absolute atomic E-state index is 10.1. The molecule has 0 spiro atoms. The van der Waals surface area contributed by atoms with E-state index in [2.05, 4.69) is 79.3 Å². The third-order valence-corrected chi connectivity index (χ3v) is 9.53. The summed E-state index contributed by atoms with van der Waals surface area (Å²) in [4.78, 5) is 0. The second-order valence-electron chi connectivity index (χ2n) is 11.8. The third kappa shape index (κ3) is 4.05. The van der Waals surface area contributed by atoms with Crippen LogP contribution in [0.3, 0.4) is 0 Å². The molecule has 1 atom stereocenters. The fourth-order valence-corrected chi connectivity index (χ4v) is 7.43. The van der Waals surface area contributed by atoms with Gasteiger partial charge in [-0.2, -0.15) is 5.26 Å². The zero-order valence-corrected chi connectivity index (χ0v) is 23.0. The van der Waals surface area contributed by atoms with E-state index in [0.717, 1.165) is 62.6 Å². The third-order valence-electron chi connectivity index (χ3n) is 9.53. The highest BCUT2D eigenvalue weighted by atomic mass is 16.3. The predicted octanol–water partition coefficient (Wildman–Crippen LogP) is 8.61. The number of fused-ring (bicyclic) bond motifs is 4. The van der Waals surface area contributed by atoms with Crippen molar-refractivity contribution in [1.29, 1.82) is 5.26 Å². The molecule has 1 fully saturated rings. The predicted molar refractivity (Wildman–Crippen MR) is 157 cm³/mol. The minimum atomic E-state index is 0.668. The first-order valence-electron chi connectivity index (χ1n) is 14.6. The minimum Gasteiger partial charge on any atom is -0.454 e. The summed E-state index contributed by atoms with van der Waals surface area (Å²) >= 11 is 0. The summed E-state index contributed by atoms with van der Waals surface area (Å²) in [6, 6.07) is 24.0. The van der Waals surface area contributed by atoms with E-state index in [1.807, 2.05) is 12.1 Å². The highest BCUT2D eigenvalue weighted by Crippen LogP contribution is 2.43. The molecule has 0 radical (unpaired) electrons. The highest BCUT2D eigenvalue weighted by Gasteiger charge is 2.28. The van der Waals surface area contributed by atoms with Crippen LogP contribution in [0.15, 0.2) is 71.3 Å². The molecule has 3 aromatic carbocycles. The van der Waals surface area contributed by atoms with Crippen LogP contribution in [0.1, 0.15) is 60.8 Å². The van der Waals surface area contributed by atoms with Crippen LogP contribution in [-0.4, -0.2) is 0 Å². The summed E-state index contributed by atoms with van der Waals surface area (Å²) in [5.74, 6) is 1.74. The lowest BCUT2D eigenvalue weighted by Gasteiger charge is -2.34. The van der Waals surface area contributed by atoms with Crippen LogP contribution in [-0.2, 0) is 19.9 Å². The number of benzene rings is 3. The number of pyridine rings is 1. The quantitative estimate of drug-likeness (QED) is 0.228. The number of hydrogen-bond acceptors (Lipinski definition) is 2. The van der Waals surface area contributed by atoms with Gasteiger partial charge in [0.05, 0.1) is 17.2 Å². The molecule has 1 saturated carbocycles. The molecule has 2 aliphatic rings. The van der Waals surface area contributed by atoms with E-state index in [9.17, 15) is 5.26 Å². The van der Waals surface area contributed by atoms with E-state index < -0.39 is 0 Å². The summed E-state index contributed by atoms with van der Waals surface area (Å²) in [6.45, 7) is 2.14. The number of aromatic nitrogens is 1. The maximum Gasteiger partial charge on any atom is 0.216 e. The molecule has 0 bridgehead atoms. The molecule has 2 heterocycles. The Morgan fingerprint density at radius 1 is 0.821 bits per heavy atom. The Morgan fingerprint density at radius 3 is 2.41 bits per heavy atom.